The number of nitrogens with one attached hydrogen (secondary N) is 1. The Kier molecular flexibility index (Phi) is 3.42. The van der Waals surface area contributed by atoms with E-state index in [9.17, 15) is 4.39 Å². The van der Waals surface area contributed by atoms with Crippen molar-refractivity contribution in [3.05, 3.63) is 40.1 Å². The molecule has 6 heteroatoms. The van der Waals surface area contributed by atoms with Gasteiger partial charge in [0, 0.05) is 11.5 Å². The Balaban J connectivity index is 2.12. The van der Waals surface area contributed by atoms with Crippen LogP contribution in [0.1, 0.15) is 11.6 Å². The summed E-state index contributed by atoms with van der Waals surface area (Å²) in [6.45, 7) is 2.31. The van der Waals surface area contributed by atoms with Crippen molar-refractivity contribution in [2.45, 2.75) is 13.5 Å². The molecule has 0 bridgehead atoms. The Morgan fingerprint density at radius 3 is 2.82 bits per heavy atom. The van der Waals surface area contributed by atoms with Crippen LogP contribution in [0.2, 0.25) is 0 Å². The molecule has 2 rings (SSSR count). The second-order valence-corrected chi connectivity index (χ2v) is 4.62. The second kappa shape index (κ2) is 4.83. The maximum absolute atomic E-state index is 13.5. The fraction of sp³-hybridized carbons (Fsp3) is 0.273. The number of nitrogens with zero attached hydrogens (tertiary/aromatic N) is 3. The molecular formula is C11H12BrFN4. The van der Waals surface area contributed by atoms with Crippen LogP contribution in [0.5, 0.6) is 0 Å². The number of aryl methyl sites for hydroxylation is 1. The van der Waals surface area contributed by atoms with Gasteiger partial charge in [-0.2, -0.15) is 0 Å². The van der Waals surface area contributed by atoms with Gasteiger partial charge >= 0.3 is 0 Å². The summed E-state index contributed by atoms with van der Waals surface area (Å²) in [5.41, 5.74) is 0.444. The lowest BCUT2D eigenvalue weighted by molar-refractivity contribution is 0.629. The Labute approximate surface area is 107 Å². The molecule has 0 aliphatic rings. The van der Waals surface area contributed by atoms with E-state index in [0.29, 0.717) is 12.2 Å². The van der Waals surface area contributed by atoms with Gasteiger partial charge in [0.05, 0.1) is 12.2 Å². The van der Waals surface area contributed by atoms with Gasteiger partial charge in [0.2, 0.25) is 0 Å². The van der Waals surface area contributed by atoms with Crippen LogP contribution in [0.15, 0.2) is 22.7 Å². The van der Waals surface area contributed by atoms with Gasteiger partial charge in [-0.15, -0.1) is 10.2 Å². The van der Waals surface area contributed by atoms with Crippen LogP contribution in [0.25, 0.3) is 0 Å². The van der Waals surface area contributed by atoms with E-state index < -0.39 is 0 Å². The number of hydrogen-bond donors (Lipinski definition) is 1. The predicted octanol–water partition coefficient (Wildman–Crippen LogP) is 2.64. The zero-order chi connectivity index (χ0) is 12.4. The molecular weight excluding hydrogens is 287 g/mol. The van der Waals surface area contributed by atoms with Crippen LogP contribution in [0.4, 0.5) is 10.1 Å². The Bertz CT molecular complexity index is 538. The second-order valence-electron chi connectivity index (χ2n) is 3.70. The lowest BCUT2D eigenvalue weighted by Crippen LogP contribution is -2.07. The van der Waals surface area contributed by atoms with Crippen LogP contribution in [0.3, 0.4) is 0 Å². The molecule has 1 aromatic heterocycles. The molecule has 1 heterocycles. The van der Waals surface area contributed by atoms with Gasteiger partial charge in [0.25, 0.3) is 0 Å². The lowest BCUT2D eigenvalue weighted by atomic mass is 10.3. The molecule has 1 aromatic carbocycles. The number of hydrogen-bond acceptors (Lipinski definition) is 3. The maximum Gasteiger partial charge on any atom is 0.152 e. The molecule has 17 heavy (non-hydrogen) atoms. The molecule has 1 N–H and O–H groups in total. The minimum Gasteiger partial charge on any atom is -0.375 e. The van der Waals surface area contributed by atoms with Crippen molar-refractivity contribution >= 4 is 21.6 Å². The lowest BCUT2D eigenvalue weighted by Gasteiger charge is -2.07. The first-order valence-electron chi connectivity index (χ1n) is 5.11. The Hall–Kier alpha value is -1.43. The fourth-order valence-corrected chi connectivity index (χ4v) is 1.77. The van der Waals surface area contributed by atoms with Crippen molar-refractivity contribution in [2.75, 3.05) is 5.32 Å². The first-order valence-corrected chi connectivity index (χ1v) is 5.91. The monoisotopic (exact) mass is 298 g/mol. The Morgan fingerprint density at radius 2 is 2.18 bits per heavy atom. The van der Waals surface area contributed by atoms with E-state index in [-0.39, 0.29) is 5.82 Å². The summed E-state index contributed by atoms with van der Waals surface area (Å²) >= 11 is 3.30. The van der Waals surface area contributed by atoms with E-state index in [1.807, 2.05) is 18.5 Å². The van der Waals surface area contributed by atoms with Crippen molar-refractivity contribution < 1.29 is 4.39 Å². The van der Waals surface area contributed by atoms with Gasteiger partial charge in [0.15, 0.2) is 5.82 Å². The summed E-state index contributed by atoms with van der Waals surface area (Å²) in [6.07, 6.45) is 0. The summed E-state index contributed by atoms with van der Waals surface area (Å²) in [5.74, 6) is 1.31. The topological polar surface area (TPSA) is 42.7 Å². The highest BCUT2D eigenvalue weighted by Gasteiger charge is 2.06. The van der Waals surface area contributed by atoms with Gasteiger partial charge in [-0.05, 0) is 25.1 Å². The van der Waals surface area contributed by atoms with E-state index in [4.69, 9.17) is 0 Å². The summed E-state index contributed by atoms with van der Waals surface area (Å²) in [6, 6.07) is 4.76. The molecule has 0 unspecified atom stereocenters. The Morgan fingerprint density at radius 1 is 1.41 bits per heavy atom. The average molecular weight is 299 g/mol. The van der Waals surface area contributed by atoms with Crippen LogP contribution in [0, 0.1) is 12.7 Å². The molecule has 0 aliphatic heterocycles. The molecule has 0 spiro atoms. The van der Waals surface area contributed by atoms with Gasteiger partial charge in [0.1, 0.15) is 11.6 Å². The molecule has 4 nitrogen and oxygen atoms in total. The molecule has 2 aromatic rings. The standard InChI is InChI=1S/C11H12BrFN4/c1-7-15-16-11(17(7)2)6-14-10-5-8(12)3-4-9(10)13/h3-5,14H,6H2,1-2H3. The summed E-state index contributed by atoms with van der Waals surface area (Å²) < 4.78 is 16.1. The first-order chi connectivity index (χ1) is 8.08. The highest BCUT2D eigenvalue weighted by Crippen LogP contribution is 2.20. The van der Waals surface area contributed by atoms with Crippen molar-refractivity contribution in [2.24, 2.45) is 7.05 Å². The average Bonchev–Trinajstić information content (AvgIpc) is 2.62. The first kappa shape index (κ1) is 12.0. The largest absolute Gasteiger partial charge is 0.375 e. The zero-order valence-corrected chi connectivity index (χ0v) is 11.1. The van der Waals surface area contributed by atoms with Crippen molar-refractivity contribution in [1.29, 1.82) is 0 Å². The van der Waals surface area contributed by atoms with Crippen LogP contribution < -0.4 is 5.32 Å². The van der Waals surface area contributed by atoms with Crippen molar-refractivity contribution in [1.82, 2.24) is 14.8 Å². The van der Waals surface area contributed by atoms with Gasteiger partial charge < -0.3 is 9.88 Å². The number of anilines is 1. The third-order valence-corrected chi connectivity index (χ3v) is 3.04. The van der Waals surface area contributed by atoms with Crippen LogP contribution in [-0.4, -0.2) is 14.8 Å². The van der Waals surface area contributed by atoms with Crippen LogP contribution >= 0.6 is 15.9 Å². The molecule has 0 saturated heterocycles. The highest BCUT2D eigenvalue weighted by atomic mass is 79.9. The van der Waals surface area contributed by atoms with Gasteiger partial charge in [-0.3, -0.25) is 0 Å². The molecule has 0 saturated carbocycles. The number of rotatable bonds is 3. The molecule has 0 radical (unpaired) electrons. The van der Waals surface area contributed by atoms with E-state index in [0.717, 1.165) is 16.1 Å². The SMILES string of the molecule is Cc1nnc(CNc2cc(Br)ccc2F)n1C. The summed E-state index contributed by atoms with van der Waals surface area (Å²) in [7, 11) is 1.88. The van der Waals surface area contributed by atoms with Crippen LogP contribution in [-0.2, 0) is 13.6 Å². The van der Waals surface area contributed by atoms with E-state index in [1.165, 1.54) is 6.07 Å². The molecule has 90 valence electrons. The predicted molar refractivity (Wildman–Crippen MR) is 67.2 cm³/mol. The third-order valence-electron chi connectivity index (χ3n) is 2.55. The quantitative estimate of drug-likeness (QED) is 0.947. The minimum absolute atomic E-state index is 0.285. The molecule has 0 atom stereocenters. The van der Waals surface area contributed by atoms with Crippen molar-refractivity contribution in [3.63, 3.8) is 0 Å². The molecule has 0 aliphatic carbocycles. The number of benzene rings is 1. The van der Waals surface area contributed by atoms with Crippen molar-refractivity contribution in [3.8, 4) is 0 Å². The summed E-state index contributed by atoms with van der Waals surface area (Å²) in [4.78, 5) is 0. The normalized spacial score (nSPS) is 10.6. The smallest absolute Gasteiger partial charge is 0.152 e. The third kappa shape index (κ3) is 2.63. The summed E-state index contributed by atoms with van der Waals surface area (Å²) in [5, 5.41) is 10.9. The molecule has 0 amide bonds. The highest BCUT2D eigenvalue weighted by molar-refractivity contribution is 9.10. The van der Waals surface area contributed by atoms with E-state index in [1.54, 1.807) is 12.1 Å². The maximum atomic E-state index is 13.5. The van der Waals surface area contributed by atoms with Gasteiger partial charge in [-0.1, -0.05) is 15.9 Å². The minimum atomic E-state index is -0.285. The number of halogens is 2. The fourth-order valence-electron chi connectivity index (χ4n) is 1.41. The van der Waals surface area contributed by atoms with E-state index in [2.05, 4.69) is 31.4 Å². The molecule has 0 fully saturated rings. The number of aromatic nitrogens is 3. The van der Waals surface area contributed by atoms with Gasteiger partial charge in [-0.25, -0.2) is 4.39 Å². The zero-order valence-electron chi connectivity index (χ0n) is 9.54. The van der Waals surface area contributed by atoms with E-state index >= 15 is 0 Å².